The van der Waals surface area contributed by atoms with E-state index in [1.807, 2.05) is 0 Å². The lowest BCUT2D eigenvalue weighted by atomic mass is 10.2. The van der Waals surface area contributed by atoms with Crippen LogP contribution >= 0.6 is 0 Å². The second-order valence-electron chi connectivity index (χ2n) is 5.81. The van der Waals surface area contributed by atoms with Crippen LogP contribution in [0.2, 0.25) is 0 Å². The molecule has 28 heavy (non-hydrogen) atoms. The average Bonchev–Trinajstić information content (AvgIpc) is 2.65. The predicted molar refractivity (Wildman–Crippen MR) is 96.0 cm³/mol. The van der Waals surface area contributed by atoms with Gasteiger partial charge in [-0.1, -0.05) is 36.4 Å². The maximum atomic E-state index is 13.6. The van der Waals surface area contributed by atoms with Crippen molar-refractivity contribution in [3.8, 4) is 5.75 Å². The molecule has 1 heterocycles. The lowest BCUT2D eigenvalue weighted by Crippen LogP contribution is -2.19. The van der Waals surface area contributed by atoms with E-state index in [0.29, 0.717) is 16.9 Å². The van der Waals surface area contributed by atoms with Gasteiger partial charge < -0.3 is 9.72 Å². The number of H-pyrrole nitrogens is 1. The molecule has 8 heteroatoms. The molecule has 0 bridgehead atoms. The van der Waals surface area contributed by atoms with Crippen LogP contribution in [0.15, 0.2) is 59.4 Å². The van der Waals surface area contributed by atoms with Crippen LogP contribution < -0.4 is 10.4 Å². The lowest BCUT2D eigenvalue weighted by molar-refractivity contribution is -0.141. The van der Waals surface area contributed by atoms with Crippen molar-refractivity contribution in [2.24, 2.45) is 0 Å². The highest BCUT2D eigenvalue weighted by Crippen LogP contribution is 2.27. The smallest absolute Gasteiger partial charge is 0.431 e. The van der Waals surface area contributed by atoms with E-state index in [0.717, 1.165) is 6.07 Å². The highest BCUT2D eigenvalue weighted by atomic mass is 19.4. The second-order valence-corrected chi connectivity index (χ2v) is 5.81. The van der Waals surface area contributed by atoms with Crippen molar-refractivity contribution >= 4 is 12.2 Å². The van der Waals surface area contributed by atoms with Crippen molar-refractivity contribution in [1.29, 1.82) is 0 Å². The fourth-order valence-electron chi connectivity index (χ4n) is 2.35. The van der Waals surface area contributed by atoms with Gasteiger partial charge in [0.2, 0.25) is 0 Å². The Balaban J connectivity index is 1.68. The van der Waals surface area contributed by atoms with Crippen LogP contribution in [0.3, 0.4) is 0 Å². The van der Waals surface area contributed by atoms with Crippen molar-refractivity contribution in [1.82, 2.24) is 9.97 Å². The number of benzene rings is 2. The largest absolute Gasteiger partial charge is 0.489 e. The number of rotatable bonds is 5. The van der Waals surface area contributed by atoms with Crippen LogP contribution in [0.25, 0.3) is 12.2 Å². The zero-order chi connectivity index (χ0) is 20.1. The number of ether oxygens (including phenoxy) is 1. The monoisotopic (exact) mass is 390 g/mol. The summed E-state index contributed by atoms with van der Waals surface area (Å²) in [5, 5.41) is 0. The quantitative estimate of drug-likeness (QED) is 0.644. The highest BCUT2D eigenvalue weighted by molar-refractivity contribution is 5.68. The van der Waals surface area contributed by atoms with E-state index in [1.165, 1.54) is 18.2 Å². The molecule has 0 spiro atoms. The highest BCUT2D eigenvalue weighted by Gasteiger charge is 2.32. The van der Waals surface area contributed by atoms with Crippen molar-refractivity contribution in [2.45, 2.75) is 12.8 Å². The number of alkyl halides is 3. The summed E-state index contributed by atoms with van der Waals surface area (Å²) in [6.07, 6.45) is -1.84. The minimum Gasteiger partial charge on any atom is -0.489 e. The fraction of sp³-hybridized carbons (Fsp3) is 0.100. The molecule has 0 unspecified atom stereocenters. The summed E-state index contributed by atoms with van der Waals surface area (Å²) in [4.78, 5) is 16.4. The number of halogens is 4. The molecule has 144 valence electrons. The molecule has 0 saturated carbocycles. The van der Waals surface area contributed by atoms with E-state index in [1.54, 1.807) is 47.4 Å². The summed E-state index contributed by atoms with van der Waals surface area (Å²) in [7, 11) is 0. The third kappa shape index (κ3) is 5.06. The Hall–Kier alpha value is -3.42. The SMILES string of the molecule is O=c1nc(/C=C/c2ccc(OCc3ccccc3F)cc2)cc(C(F)(F)F)[nH]1. The van der Waals surface area contributed by atoms with Gasteiger partial charge in [-0.05, 0) is 35.9 Å². The Morgan fingerprint density at radius 2 is 1.75 bits per heavy atom. The first-order chi connectivity index (χ1) is 13.3. The van der Waals surface area contributed by atoms with Crippen molar-refractivity contribution < 1.29 is 22.3 Å². The molecule has 3 rings (SSSR count). The molecular formula is C20H14F4N2O2. The summed E-state index contributed by atoms with van der Waals surface area (Å²) < 4.78 is 57.2. The zero-order valence-electron chi connectivity index (χ0n) is 14.3. The summed E-state index contributed by atoms with van der Waals surface area (Å²) >= 11 is 0. The third-order valence-corrected chi connectivity index (χ3v) is 3.75. The van der Waals surface area contributed by atoms with Crippen LogP contribution in [0, 0.1) is 5.82 Å². The van der Waals surface area contributed by atoms with E-state index in [4.69, 9.17) is 4.74 Å². The first-order valence-corrected chi connectivity index (χ1v) is 8.14. The van der Waals surface area contributed by atoms with Crippen LogP contribution in [-0.2, 0) is 12.8 Å². The predicted octanol–water partition coefficient (Wildman–Crippen LogP) is 4.68. The van der Waals surface area contributed by atoms with E-state index in [9.17, 15) is 22.4 Å². The van der Waals surface area contributed by atoms with Crippen LogP contribution in [0.1, 0.15) is 22.5 Å². The lowest BCUT2D eigenvalue weighted by Gasteiger charge is -2.07. The molecule has 2 aromatic carbocycles. The van der Waals surface area contributed by atoms with Crippen molar-refractivity contribution in [3.05, 3.63) is 93.4 Å². The van der Waals surface area contributed by atoms with Crippen LogP contribution in [0.4, 0.5) is 17.6 Å². The molecule has 0 aliphatic rings. The molecular weight excluding hydrogens is 376 g/mol. The maximum Gasteiger partial charge on any atom is 0.431 e. The molecule has 0 amide bonds. The third-order valence-electron chi connectivity index (χ3n) is 3.75. The molecule has 1 N–H and O–H groups in total. The number of nitrogens with zero attached hydrogens (tertiary/aromatic N) is 1. The van der Waals surface area contributed by atoms with Gasteiger partial charge in [-0.3, -0.25) is 0 Å². The summed E-state index contributed by atoms with van der Waals surface area (Å²) in [6, 6.07) is 13.7. The van der Waals surface area contributed by atoms with Gasteiger partial charge >= 0.3 is 11.9 Å². The number of aromatic amines is 1. The van der Waals surface area contributed by atoms with Crippen LogP contribution in [-0.4, -0.2) is 9.97 Å². The molecule has 1 aromatic heterocycles. The Morgan fingerprint density at radius 3 is 2.43 bits per heavy atom. The van der Waals surface area contributed by atoms with Gasteiger partial charge in [0.25, 0.3) is 0 Å². The summed E-state index contributed by atoms with van der Waals surface area (Å²) in [5.74, 6) is 0.152. The van der Waals surface area contributed by atoms with E-state index >= 15 is 0 Å². The average molecular weight is 390 g/mol. The van der Waals surface area contributed by atoms with Crippen LogP contribution in [0.5, 0.6) is 5.75 Å². The van der Waals surface area contributed by atoms with E-state index in [-0.39, 0.29) is 18.1 Å². The minimum atomic E-state index is -4.66. The molecule has 0 aliphatic carbocycles. The molecule has 0 aliphatic heterocycles. The Labute approximate surface area is 157 Å². The number of hydrogen-bond acceptors (Lipinski definition) is 3. The van der Waals surface area contributed by atoms with Gasteiger partial charge in [-0.15, -0.1) is 0 Å². The van der Waals surface area contributed by atoms with Crippen molar-refractivity contribution in [3.63, 3.8) is 0 Å². The van der Waals surface area contributed by atoms with Gasteiger partial charge in [-0.2, -0.15) is 18.2 Å². The molecule has 0 fully saturated rings. The number of nitrogens with one attached hydrogen (secondary N) is 1. The summed E-state index contributed by atoms with van der Waals surface area (Å²) in [5.41, 5.74) is -1.27. The molecule has 0 radical (unpaired) electrons. The molecule has 3 aromatic rings. The van der Waals surface area contributed by atoms with Gasteiger partial charge in [0.1, 0.15) is 23.9 Å². The van der Waals surface area contributed by atoms with Crippen molar-refractivity contribution in [2.75, 3.05) is 0 Å². The topological polar surface area (TPSA) is 55.0 Å². The number of aromatic nitrogens is 2. The van der Waals surface area contributed by atoms with Gasteiger partial charge in [0.05, 0.1) is 5.69 Å². The zero-order valence-corrected chi connectivity index (χ0v) is 14.3. The second kappa shape index (κ2) is 8.08. The van der Waals surface area contributed by atoms with E-state index in [2.05, 4.69) is 4.98 Å². The van der Waals surface area contributed by atoms with Gasteiger partial charge in [-0.25, -0.2) is 9.18 Å². The Morgan fingerprint density at radius 1 is 1.04 bits per heavy atom. The molecule has 4 nitrogen and oxygen atoms in total. The molecule has 0 saturated heterocycles. The Bertz CT molecular complexity index is 1040. The standard InChI is InChI=1S/C20H14F4N2O2/c21-17-4-2-1-3-14(17)12-28-16-9-6-13(7-10-16)5-8-15-11-18(20(22,23)24)26-19(27)25-15/h1-11H,12H2,(H,25,26,27)/b8-5+. The molecule has 0 atom stereocenters. The Kier molecular flexibility index (Phi) is 5.58. The van der Waals surface area contributed by atoms with Gasteiger partial charge in [0.15, 0.2) is 0 Å². The van der Waals surface area contributed by atoms with E-state index < -0.39 is 17.6 Å². The fourth-order valence-corrected chi connectivity index (χ4v) is 2.35. The minimum absolute atomic E-state index is 0.0682. The first kappa shape index (κ1) is 19.3. The normalized spacial score (nSPS) is 11.7. The number of hydrogen-bond donors (Lipinski definition) is 1. The first-order valence-electron chi connectivity index (χ1n) is 8.14. The summed E-state index contributed by atoms with van der Waals surface area (Å²) in [6.45, 7) is 0.0682. The maximum absolute atomic E-state index is 13.6. The van der Waals surface area contributed by atoms with Gasteiger partial charge in [0, 0.05) is 5.56 Å².